The van der Waals surface area contributed by atoms with Crippen LogP contribution in [0.4, 0.5) is 11.4 Å². The van der Waals surface area contributed by atoms with Gasteiger partial charge in [0.15, 0.2) is 0 Å². The van der Waals surface area contributed by atoms with Crippen molar-refractivity contribution < 1.29 is 5.43 Å². The van der Waals surface area contributed by atoms with Gasteiger partial charge in [-0.1, -0.05) is 41.5 Å². The zero-order valence-electron chi connectivity index (χ0n) is 9.27. The van der Waals surface area contributed by atoms with Crippen molar-refractivity contribution in [3.8, 4) is 0 Å². The van der Waals surface area contributed by atoms with Crippen LogP contribution in [0.1, 0.15) is 0 Å². The highest BCUT2D eigenvalue weighted by atomic mass is 15.9. The van der Waals surface area contributed by atoms with Crippen molar-refractivity contribution in [1.29, 1.82) is 0 Å². The van der Waals surface area contributed by atoms with E-state index in [1.807, 2.05) is 64.2 Å². The number of benzene rings is 2. The Hall–Kier alpha value is -2.33. The maximum atomic E-state index is 4.34. The topological polar surface area (TPSA) is 35.5 Å². The second kappa shape index (κ2) is 4.27. The number of nitrogens with zero attached hydrogens (tertiary/aromatic N) is 3. The highest BCUT2D eigenvalue weighted by Crippen LogP contribution is 2.20. The van der Waals surface area contributed by atoms with Gasteiger partial charge in [0.2, 0.25) is 6.34 Å². The molecular weight excluding hydrogens is 212 g/mol. The van der Waals surface area contributed by atoms with E-state index < -0.39 is 0 Å². The predicted molar refractivity (Wildman–Crippen MR) is 68.3 cm³/mol. The van der Waals surface area contributed by atoms with Crippen molar-refractivity contribution in [2.75, 3.05) is 10.2 Å². The summed E-state index contributed by atoms with van der Waals surface area (Å²) in [6.45, 7) is 0. The van der Waals surface area contributed by atoms with Crippen LogP contribution in [0.25, 0.3) is 0 Å². The van der Waals surface area contributed by atoms with Crippen LogP contribution in [0, 0.1) is 0 Å². The lowest BCUT2D eigenvalue weighted by molar-refractivity contribution is -0.537. The van der Waals surface area contributed by atoms with E-state index in [0.29, 0.717) is 0 Å². The van der Waals surface area contributed by atoms with Gasteiger partial charge in [0, 0.05) is 0 Å². The van der Waals surface area contributed by atoms with Gasteiger partial charge in [0.05, 0.1) is 5.69 Å². The van der Waals surface area contributed by atoms with Gasteiger partial charge in [-0.15, -0.1) is 10.2 Å². The molecule has 4 nitrogen and oxygen atoms in total. The van der Waals surface area contributed by atoms with E-state index in [1.54, 1.807) is 6.34 Å². The molecule has 0 fully saturated rings. The maximum Gasteiger partial charge on any atom is 0.233 e. The molecule has 0 spiro atoms. The third-order valence-electron chi connectivity index (χ3n) is 2.60. The van der Waals surface area contributed by atoms with E-state index in [9.17, 15) is 0 Å². The molecule has 84 valence electrons. The van der Waals surface area contributed by atoms with Crippen molar-refractivity contribution in [3.05, 3.63) is 60.7 Å². The van der Waals surface area contributed by atoms with E-state index in [2.05, 4.69) is 17.2 Å². The Kier molecular flexibility index (Phi) is 2.48. The van der Waals surface area contributed by atoms with Gasteiger partial charge >= 0.3 is 0 Å². The number of anilines is 2. The second-order valence-corrected chi connectivity index (χ2v) is 3.72. The van der Waals surface area contributed by atoms with Crippen molar-refractivity contribution in [2.45, 2.75) is 0 Å². The van der Waals surface area contributed by atoms with Crippen LogP contribution in [0.3, 0.4) is 0 Å². The molecule has 0 saturated carbocycles. The van der Waals surface area contributed by atoms with E-state index in [4.69, 9.17) is 0 Å². The zero-order valence-corrected chi connectivity index (χ0v) is 9.27. The highest BCUT2D eigenvalue weighted by Gasteiger charge is 2.23. The molecule has 1 aliphatic heterocycles. The Labute approximate surface area is 99.7 Å². The number of nitrogens with two attached hydrogens (primary N) is 1. The summed E-state index contributed by atoms with van der Waals surface area (Å²) >= 11 is 0. The Morgan fingerprint density at radius 2 is 1.35 bits per heavy atom. The number of hydrogen-bond donors (Lipinski definition) is 1. The first-order valence-electron chi connectivity index (χ1n) is 5.52. The number of quaternary nitrogens is 1. The van der Waals surface area contributed by atoms with Crippen molar-refractivity contribution in [1.82, 2.24) is 0 Å². The van der Waals surface area contributed by atoms with Gasteiger partial charge in [0.25, 0.3) is 0 Å². The molecule has 0 aromatic heterocycles. The van der Waals surface area contributed by atoms with Gasteiger partial charge in [-0.25, -0.2) is 0 Å². The van der Waals surface area contributed by atoms with Crippen molar-refractivity contribution in [3.63, 3.8) is 0 Å². The van der Waals surface area contributed by atoms with Gasteiger partial charge < -0.3 is 0 Å². The zero-order chi connectivity index (χ0) is 11.5. The Morgan fingerprint density at radius 3 is 2.00 bits per heavy atom. The number of hydrogen-bond acceptors (Lipinski definition) is 3. The van der Waals surface area contributed by atoms with Crippen LogP contribution in [-0.4, -0.2) is 6.34 Å². The summed E-state index contributed by atoms with van der Waals surface area (Å²) in [6.07, 6.45) is 1.79. The van der Waals surface area contributed by atoms with E-state index in [-0.39, 0.29) is 0 Å². The van der Waals surface area contributed by atoms with Crippen LogP contribution >= 0.6 is 0 Å². The molecule has 0 unspecified atom stereocenters. The van der Waals surface area contributed by atoms with Gasteiger partial charge in [-0.2, -0.15) is 5.43 Å². The third-order valence-corrected chi connectivity index (χ3v) is 2.60. The van der Waals surface area contributed by atoms with Gasteiger partial charge in [-0.05, 0) is 24.3 Å². The average Bonchev–Trinajstić information content (AvgIpc) is 2.90. The molecule has 2 aromatic rings. The van der Waals surface area contributed by atoms with Gasteiger partial charge in [-0.3, -0.25) is 0 Å². The molecule has 2 N–H and O–H groups in total. The minimum absolute atomic E-state index is 1.04. The molecule has 0 radical (unpaired) electrons. The predicted octanol–water partition coefficient (Wildman–Crippen LogP) is 1.35. The monoisotopic (exact) mass is 225 g/mol. The molecule has 0 aliphatic carbocycles. The van der Waals surface area contributed by atoms with Crippen molar-refractivity contribution in [2.24, 2.45) is 5.10 Å². The fourth-order valence-corrected chi connectivity index (χ4v) is 1.80. The van der Waals surface area contributed by atoms with Crippen LogP contribution in [0.15, 0.2) is 65.8 Å². The fourth-order valence-electron chi connectivity index (χ4n) is 1.80. The molecule has 17 heavy (non-hydrogen) atoms. The summed E-state index contributed by atoms with van der Waals surface area (Å²) < 4.78 is 0. The summed E-state index contributed by atoms with van der Waals surface area (Å²) in [7, 11) is 0. The summed E-state index contributed by atoms with van der Waals surface area (Å²) in [5.41, 5.74) is 4.08. The fraction of sp³-hybridized carbons (Fsp3) is 0. The van der Waals surface area contributed by atoms with Gasteiger partial charge in [0.1, 0.15) is 5.69 Å². The second-order valence-electron chi connectivity index (χ2n) is 3.72. The molecule has 0 saturated heterocycles. The SMILES string of the molecule is C1=NN(c2ccccc2)N(c2ccccc2)[NH2+]1. The Morgan fingerprint density at radius 1 is 0.765 bits per heavy atom. The van der Waals surface area contributed by atoms with E-state index in [0.717, 1.165) is 11.4 Å². The molecule has 4 heteroatoms. The highest BCUT2D eigenvalue weighted by molar-refractivity contribution is 5.61. The standard InChI is InChI=1S/C13H12N4/c1-3-7-12(8-4-1)16-14-11-15-17(16)13-9-5-2-6-10-13/h1-11H,(H,14,15)/p+1. The first-order valence-corrected chi connectivity index (χ1v) is 5.52. The number of para-hydroxylation sites is 2. The minimum Gasteiger partial charge on any atom is -0.179 e. The van der Waals surface area contributed by atoms with E-state index in [1.165, 1.54) is 0 Å². The van der Waals surface area contributed by atoms with Crippen LogP contribution in [0.2, 0.25) is 0 Å². The summed E-state index contributed by atoms with van der Waals surface area (Å²) in [5, 5.41) is 8.22. The molecule has 3 rings (SSSR count). The van der Waals surface area contributed by atoms with Crippen LogP contribution in [-0.2, 0) is 0 Å². The Balaban J connectivity index is 1.93. The first kappa shape index (κ1) is 9.86. The number of hydrazone groups is 1. The minimum atomic E-state index is 1.04. The van der Waals surface area contributed by atoms with Crippen LogP contribution < -0.4 is 15.7 Å². The lowest BCUT2D eigenvalue weighted by atomic mass is 10.3. The molecule has 1 aliphatic rings. The quantitative estimate of drug-likeness (QED) is 0.783. The summed E-state index contributed by atoms with van der Waals surface area (Å²) in [4.78, 5) is 0. The number of rotatable bonds is 2. The largest absolute Gasteiger partial charge is 0.233 e. The molecule has 2 aromatic carbocycles. The molecule has 0 atom stereocenters. The summed E-state index contributed by atoms with van der Waals surface area (Å²) in [6, 6.07) is 20.2. The van der Waals surface area contributed by atoms with E-state index >= 15 is 0 Å². The molecule has 0 bridgehead atoms. The molecule has 1 heterocycles. The lowest BCUT2D eigenvalue weighted by Gasteiger charge is -2.23. The number of hydrazine groups is 1. The summed E-state index contributed by atoms with van der Waals surface area (Å²) in [5.74, 6) is 0. The normalized spacial score (nSPS) is 14.4. The average molecular weight is 225 g/mol. The molecular formula is C13H13N4+. The van der Waals surface area contributed by atoms with Crippen LogP contribution in [0.5, 0.6) is 0 Å². The smallest absolute Gasteiger partial charge is 0.179 e. The first-order chi connectivity index (χ1) is 8.45. The van der Waals surface area contributed by atoms with Crippen molar-refractivity contribution >= 4 is 17.7 Å². The molecule has 0 amide bonds. The lowest BCUT2D eigenvalue weighted by Crippen LogP contribution is -2.93. The Bertz CT molecular complexity index is 509. The maximum absolute atomic E-state index is 4.34. The third kappa shape index (κ3) is 1.86.